The first-order valence-electron chi connectivity index (χ1n) is 19.3. The van der Waals surface area contributed by atoms with Crippen LogP contribution in [-0.4, -0.2) is 0 Å². The molecule has 0 saturated heterocycles. The molecular formula is C48H68F4. The van der Waals surface area contributed by atoms with Crippen LogP contribution in [0.3, 0.4) is 0 Å². The first-order chi connectivity index (χ1) is 24.4. The fraction of sp³-hybridized carbons (Fsp3) is 0.500. The van der Waals surface area contributed by atoms with Crippen LogP contribution in [0, 0.1) is 102 Å². The third-order valence-electron chi connectivity index (χ3n) is 9.95. The monoisotopic (exact) mass is 721 g/mol. The first-order valence-corrected chi connectivity index (χ1v) is 19.3. The fourth-order valence-corrected chi connectivity index (χ4v) is 5.63. The lowest BCUT2D eigenvalue weighted by Gasteiger charge is -2.22. The summed E-state index contributed by atoms with van der Waals surface area (Å²) in [6.07, 6.45) is 11.8. The van der Waals surface area contributed by atoms with E-state index >= 15 is 0 Å². The Hall–Kier alpha value is -3.40. The highest BCUT2D eigenvalue weighted by Gasteiger charge is 2.14. The Morgan fingerprint density at radius 1 is 0.327 bits per heavy atom. The van der Waals surface area contributed by atoms with Gasteiger partial charge in [-0.25, -0.2) is 17.6 Å². The molecule has 288 valence electrons. The Balaban J connectivity index is 0.000000313. The van der Waals surface area contributed by atoms with E-state index in [9.17, 15) is 17.6 Å². The van der Waals surface area contributed by atoms with E-state index in [1.54, 1.807) is 38.1 Å². The van der Waals surface area contributed by atoms with Crippen molar-refractivity contribution in [3.8, 4) is 0 Å². The molecule has 4 aromatic rings. The minimum atomic E-state index is -0.736. The first kappa shape index (κ1) is 46.6. The van der Waals surface area contributed by atoms with Crippen LogP contribution in [0.4, 0.5) is 17.6 Å². The normalized spacial score (nSPS) is 18.9. The van der Waals surface area contributed by atoms with E-state index in [4.69, 9.17) is 0 Å². The highest BCUT2D eigenvalue weighted by Crippen LogP contribution is 2.28. The molecule has 4 aromatic carbocycles. The van der Waals surface area contributed by atoms with Crippen molar-refractivity contribution in [3.05, 3.63) is 141 Å². The summed E-state index contributed by atoms with van der Waals surface area (Å²) in [6, 6.07) is 22.0. The summed E-state index contributed by atoms with van der Waals surface area (Å²) in [5, 5.41) is 0. The molecule has 0 N–H and O–H groups in total. The third kappa shape index (κ3) is 20.0. The number of hydrogen-bond acceptors (Lipinski definition) is 0. The second-order valence-electron chi connectivity index (χ2n) is 15.7. The van der Waals surface area contributed by atoms with Crippen LogP contribution in [0.25, 0.3) is 0 Å². The lowest BCUT2D eigenvalue weighted by molar-refractivity contribution is 0.308. The van der Waals surface area contributed by atoms with E-state index in [0.717, 1.165) is 34.8 Å². The van der Waals surface area contributed by atoms with E-state index in [1.807, 2.05) is 26.0 Å². The van der Waals surface area contributed by atoms with Crippen molar-refractivity contribution in [3.63, 3.8) is 0 Å². The predicted octanol–water partition coefficient (Wildman–Crippen LogP) is 15.4. The Kier molecular flexibility index (Phi) is 22.2. The van der Waals surface area contributed by atoms with E-state index in [1.165, 1.54) is 88.5 Å². The molecule has 2 aliphatic carbocycles. The Labute approximate surface area is 315 Å². The van der Waals surface area contributed by atoms with Gasteiger partial charge in [0.05, 0.1) is 0 Å². The quantitative estimate of drug-likeness (QED) is 0.159. The summed E-state index contributed by atoms with van der Waals surface area (Å²) in [7, 11) is 0. The van der Waals surface area contributed by atoms with Crippen molar-refractivity contribution >= 4 is 0 Å². The van der Waals surface area contributed by atoms with Crippen LogP contribution in [0.1, 0.15) is 124 Å². The van der Waals surface area contributed by atoms with Gasteiger partial charge in [0, 0.05) is 0 Å². The largest absolute Gasteiger partial charge is 0.207 e. The zero-order valence-electron chi connectivity index (χ0n) is 34.4. The molecule has 0 unspecified atom stereocenters. The standard InChI is InChI=1S/C8H8F2.2C8H9F.2C8H16.C8H10/c1-5-3-4-6(2)8(10)7(5)9;2*1-6-3-4-7(2)8(9)5-6;3*1-7-3-5-8(2)6-4-7/h3-4H,1-2H3;2*3-5H,1-2H3;2*7-8H,3-6H2,1-2H3;3-6H,1-2H3. The van der Waals surface area contributed by atoms with Crippen LogP contribution >= 0.6 is 0 Å². The van der Waals surface area contributed by atoms with Gasteiger partial charge in [-0.1, -0.05) is 151 Å². The molecule has 52 heavy (non-hydrogen) atoms. The SMILES string of the molecule is CC1CCC(C)CC1.CC1CCC(C)CC1.Cc1ccc(C)c(F)c1.Cc1ccc(C)c(F)c1.Cc1ccc(C)c(F)c1F.Cc1ccc(C)cc1. The van der Waals surface area contributed by atoms with Crippen molar-refractivity contribution in [2.45, 2.75) is 134 Å². The fourth-order valence-electron chi connectivity index (χ4n) is 5.63. The maximum absolute atomic E-state index is 12.6. The van der Waals surface area contributed by atoms with Gasteiger partial charge in [-0.3, -0.25) is 0 Å². The van der Waals surface area contributed by atoms with Gasteiger partial charge >= 0.3 is 0 Å². The van der Waals surface area contributed by atoms with E-state index < -0.39 is 11.6 Å². The molecular weight excluding hydrogens is 653 g/mol. The van der Waals surface area contributed by atoms with Crippen LogP contribution in [0.2, 0.25) is 0 Å². The van der Waals surface area contributed by atoms with Crippen molar-refractivity contribution in [2.24, 2.45) is 23.7 Å². The van der Waals surface area contributed by atoms with E-state index in [0.29, 0.717) is 22.3 Å². The molecule has 0 atom stereocenters. The number of hydrogen-bond donors (Lipinski definition) is 0. The molecule has 0 aliphatic heterocycles. The van der Waals surface area contributed by atoms with Gasteiger partial charge in [-0.15, -0.1) is 0 Å². The molecule has 0 amide bonds. The summed E-state index contributed by atoms with van der Waals surface area (Å²) in [5.41, 5.74) is 6.72. The molecule has 0 nitrogen and oxygen atoms in total. The predicted molar refractivity (Wildman–Crippen MR) is 217 cm³/mol. The molecule has 6 rings (SSSR count). The van der Waals surface area contributed by atoms with Gasteiger partial charge in [0.2, 0.25) is 0 Å². The van der Waals surface area contributed by atoms with E-state index in [-0.39, 0.29) is 11.6 Å². The minimum absolute atomic E-state index is 0.116. The average molecular weight is 721 g/mol. The summed E-state index contributed by atoms with van der Waals surface area (Å²) in [6.45, 7) is 24.0. The van der Waals surface area contributed by atoms with Crippen LogP contribution in [0.5, 0.6) is 0 Å². The van der Waals surface area contributed by atoms with Crippen molar-refractivity contribution in [1.29, 1.82) is 0 Å². The van der Waals surface area contributed by atoms with Gasteiger partial charge in [0.25, 0.3) is 0 Å². The average Bonchev–Trinajstić information content (AvgIpc) is 3.11. The van der Waals surface area contributed by atoms with E-state index in [2.05, 4.69) is 65.8 Å². The lowest BCUT2D eigenvalue weighted by atomic mass is 9.84. The summed E-state index contributed by atoms with van der Waals surface area (Å²) in [4.78, 5) is 0. The highest BCUT2D eigenvalue weighted by atomic mass is 19.2. The van der Waals surface area contributed by atoms with Gasteiger partial charge < -0.3 is 0 Å². The number of rotatable bonds is 0. The van der Waals surface area contributed by atoms with Crippen LogP contribution in [-0.2, 0) is 0 Å². The summed E-state index contributed by atoms with van der Waals surface area (Å²) >= 11 is 0. The Morgan fingerprint density at radius 2 is 0.538 bits per heavy atom. The zero-order valence-corrected chi connectivity index (χ0v) is 34.4. The molecule has 2 saturated carbocycles. The summed E-state index contributed by atoms with van der Waals surface area (Å²) in [5.74, 6) is 2.37. The van der Waals surface area contributed by atoms with Crippen molar-refractivity contribution < 1.29 is 17.6 Å². The molecule has 0 heterocycles. The van der Waals surface area contributed by atoms with Gasteiger partial charge in [0.15, 0.2) is 11.6 Å². The van der Waals surface area contributed by atoms with Gasteiger partial charge in [0.1, 0.15) is 11.6 Å². The smallest absolute Gasteiger partial charge is 0.161 e. The zero-order chi connectivity index (χ0) is 39.4. The maximum Gasteiger partial charge on any atom is 0.161 e. The molecule has 0 spiro atoms. The van der Waals surface area contributed by atoms with Crippen molar-refractivity contribution in [2.75, 3.05) is 0 Å². The van der Waals surface area contributed by atoms with Gasteiger partial charge in [-0.05, 0) is 125 Å². The second kappa shape index (κ2) is 24.8. The third-order valence-corrected chi connectivity index (χ3v) is 9.95. The summed E-state index contributed by atoms with van der Waals surface area (Å²) < 4.78 is 50.4. The lowest BCUT2D eigenvalue weighted by Crippen LogP contribution is -2.08. The Morgan fingerprint density at radius 3 is 0.750 bits per heavy atom. The topological polar surface area (TPSA) is 0 Å². The minimum Gasteiger partial charge on any atom is -0.207 e. The molecule has 2 fully saturated rings. The molecule has 4 heteroatoms. The number of halogens is 4. The molecule has 2 aliphatic rings. The Bertz CT molecular complexity index is 1420. The van der Waals surface area contributed by atoms with Crippen molar-refractivity contribution in [1.82, 2.24) is 0 Å². The molecule has 0 radical (unpaired) electrons. The second-order valence-corrected chi connectivity index (χ2v) is 15.7. The van der Waals surface area contributed by atoms with Crippen LogP contribution in [0.15, 0.2) is 72.8 Å². The number of aryl methyl sites for hydroxylation is 8. The molecule has 0 bridgehead atoms. The maximum atomic E-state index is 12.6. The molecule has 0 aromatic heterocycles. The van der Waals surface area contributed by atoms with Gasteiger partial charge in [-0.2, -0.15) is 0 Å². The highest BCUT2D eigenvalue weighted by molar-refractivity contribution is 5.24. The van der Waals surface area contributed by atoms with Crippen LogP contribution < -0.4 is 0 Å². The number of benzene rings is 4.